The van der Waals surface area contributed by atoms with E-state index in [1.165, 1.54) is 36.4 Å². The molecule has 5 aromatic carbocycles. The zero-order valence-corrected chi connectivity index (χ0v) is 67.9. The van der Waals surface area contributed by atoms with Crippen molar-refractivity contribution in [2.24, 2.45) is 11.7 Å². The first-order valence-corrected chi connectivity index (χ1v) is 40.4. The third-order valence-electron chi connectivity index (χ3n) is 20.4. The maximum atomic E-state index is 15.6. The number of aromatic nitrogens is 1. The second kappa shape index (κ2) is 44.0. The van der Waals surface area contributed by atoms with E-state index in [1.807, 2.05) is 70.2 Å². The summed E-state index contributed by atoms with van der Waals surface area (Å²) in [5, 5.41) is 52.2. The second-order valence-electron chi connectivity index (χ2n) is 31.0. The first-order chi connectivity index (χ1) is 56.4. The normalized spacial score (nSPS) is 17.3. The topological polar surface area (TPSA) is 470 Å². The number of rotatable bonds is 41. The van der Waals surface area contributed by atoms with E-state index in [0.29, 0.717) is 76.4 Å². The van der Waals surface area contributed by atoms with Crippen LogP contribution >= 0.6 is 11.6 Å². The fraction of sp³-hybridized carbons (Fsp3) is 0.447. The Kier molecular flexibility index (Phi) is 33.6. The fourth-order valence-electron chi connectivity index (χ4n) is 14.3. The Morgan fingerprint density at radius 3 is 1.42 bits per heavy atom. The molecular weight excluding hydrogens is 1530 g/mol. The molecule has 6 aromatic rings. The molecule has 0 radical (unpaired) electrons. The number of benzene rings is 5. The van der Waals surface area contributed by atoms with Gasteiger partial charge in [-0.1, -0.05) is 124 Å². The Labute approximate surface area is 690 Å². The van der Waals surface area contributed by atoms with Gasteiger partial charge in [0.25, 0.3) is 0 Å². The minimum Gasteiger partial charge on any atom is -0.394 e. The van der Waals surface area contributed by atoms with Gasteiger partial charge in [0.15, 0.2) is 0 Å². The molecule has 3 fully saturated rings. The van der Waals surface area contributed by atoms with Gasteiger partial charge in [-0.25, -0.2) is 0 Å². The number of amides is 14. The summed E-state index contributed by atoms with van der Waals surface area (Å²) in [5.41, 5.74) is 8.97. The van der Waals surface area contributed by atoms with Crippen LogP contribution in [0.25, 0.3) is 10.8 Å². The lowest BCUT2D eigenvalue weighted by Gasteiger charge is -2.31. The third kappa shape index (κ3) is 27.7. The summed E-state index contributed by atoms with van der Waals surface area (Å²) in [6, 6.07) is 21.0. The number of unbranched alkanes of at least 4 members (excludes halogenated alkanes) is 1. The number of nitrogens with one attached hydrogen (secondary N) is 14. The minimum atomic E-state index is -1.89. The van der Waals surface area contributed by atoms with Crippen molar-refractivity contribution >= 4 is 116 Å². The van der Waals surface area contributed by atoms with Crippen LogP contribution < -0.4 is 80.2 Å². The lowest BCUT2D eigenvalue weighted by Crippen LogP contribution is -2.62. The molecule has 3 aliphatic rings. The van der Waals surface area contributed by atoms with Gasteiger partial charge in [-0.05, 0) is 152 Å². The Balaban J connectivity index is 1.01. The van der Waals surface area contributed by atoms with Crippen molar-refractivity contribution in [2.75, 3.05) is 30.3 Å². The van der Waals surface area contributed by atoms with Crippen molar-refractivity contribution in [3.05, 3.63) is 173 Å². The van der Waals surface area contributed by atoms with E-state index in [9.17, 15) is 43.5 Å². The number of carbonyl (C=O) groups excluding carboxylic acids is 14. The SMILES string of the molecule is CC(=O)N[C@H](Cc1ccc2ccccc2c1)C(=O)N[C@H](Cc1ccc(Cl)cc1)C(=O)N[C@H](Cc1cccnc1)C(=O)N[C@@H](CO)C(=O)N[C@@H](Cc1ccc(NC(=O)C2CCC(=O)N2)cc1)C(=O)N[C@H](Cc1ccc(NC(=O)C2CCC(=O)N2)cc1)C(=O)N[C@@H](CC(C)C)C(=O)N[C@@H](CCCCNC(C)C)C(=O)N1CCC[C@H]1C(=O)N[C@H](C)N. The quantitative estimate of drug-likeness (QED) is 0.0193. The van der Waals surface area contributed by atoms with Crippen LogP contribution in [0.15, 0.2) is 140 Å². The van der Waals surface area contributed by atoms with Gasteiger partial charge in [-0.15, -0.1) is 0 Å². The van der Waals surface area contributed by atoms with Gasteiger partial charge in [0.1, 0.15) is 66.5 Å². The molecule has 630 valence electrons. The molecule has 32 nitrogen and oxygen atoms in total. The van der Waals surface area contributed by atoms with Gasteiger partial charge in [0, 0.05) is 93.2 Å². The number of pyridine rings is 1. The molecule has 0 aliphatic carbocycles. The first kappa shape index (κ1) is 90.2. The predicted octanol–water partition coefficient (Wildman–Crippen LogP) is 2.35. The Morgan fingerprint density at radius 2 is 0.949 bits per heavy atom. The highest BCUT2D eigenvalue weighted by Gasteiger charge is 2.41. The van der Waals surface area contributed by atoms with Crippen molar-refractivity contribution in [3.63, 3.8) is 0 Å². The van der Waals surface area contributed by atoms with E-state index in [4.69, 9.17) is 17.3 Å². The predicted molar refractivity (Wildman–Crippen MR) is 442 cm³/mol. The van der Waals surface area contributed by atoms with Crippen molar-refractivity contribution in [3.8, 4) is 0 Å². The number of anilines is 2. The molecule has 9 rings (SSSR count). The van der Waals surface area contributed by atoms with Crippen LogP contribution in [-0.4, -0.2) is 196 Å². The van der Waals surface area contributed by atoms with Crippen molar-refractivity contribution in [2.45, 2.75) is 217 Å². The van der Waals surface area contributed by atoms with Gasteiger partial charge in [-0.3, -0.25) is 72.1 Å². The summed E-state index contributed by atoms with van der Waals surface area (Å²) in [6.07, 6.45) is 4.10. The lowest BCUT2D eigenvalue weighted by atomic mass is 9.99. The summed E-state index contributed by atoms with van der Waals surface area (Å²) in [6.45, 7) is 10.2. The van der Waals surface area contributed by atoms with Gasteiger partial charge >= 0.3 is 0 Å². The van der Waals surface area contributed by atoms with Crippen LogP contribution in [-0.2, 0) is 99.2 Å². The summed E-state index contributed by atoms with van der Waals surface area (Å²) < 4.78 is 0. The smallest absolute Gasteiger partial charge is 0.246 e. The van der Waals surface area contributed by atoms with Gasteiger partial charge in [-0.2, -0.15) is 0 Å². The second-order valence-corrected chi connectivity index (χ2v) is 31.4. The summed E-state index contributed by atoms with van der Waals surface area (Å²) in [5.74, 6) is -9.76. The highest BCUT2D eigenvalue weighted by molar-refractivity contribution is 6.30. The molecule has 12 atom stereocenters. The van der Waals surface area contributed by atoms with Gasteiger partial charge in [0.2, 0.25) is 82.7 Å². The number of likely N-dealkylation sites (tertiary alicyclic amines) is 1. The Hall–Kier alpha value is -11.7. The molecule has 0 bridgehead atoms. The van der Waals surface area contributed by atoms with Crippen LogP contribution in [0.4, 0.5) is 11.4 Å². The fourth-order valence-corrected chi connectivity index (χ4v) is 14.4. The number of aliphatic hydroxyl groups is 1. The van der Waals surface area contributed by atoms with Crippen molar-refractivity contribution in [1.29, 1.82) is 0 Å². The molecule has 3 saturated heterocycles. The van der Waals surface area contributed by atoms with Gasteiger partial charge in [0.05, 0.1) is 12.8 Å². The number of hydrogen-bond acceptors (Lipinski definition) is 18. The molecule has 17 N–H and O–H groups in total. The maximum Gasteiger partial charge on any atom is 0.246 e. The summed E-state index contributed by atoms with van der Waals surface area (Å²) in [4.78, 5) is 203. The van der Waals surface area contributed by atoms with Crippen LogP contribution in [0.1, 0.15) is 134 Å². The number of carbonyl (C=O) groups is 14. The Morgan fingerprint density at radius 1 is 0.500 bits per heavy atom. The van der Waals surface area contributed by atoms with E-state index < -0.39 is 150 Å². The minimum absolute atomic E-state index is 0.0101. The monoisotopic (exact) mass is 1640 g/mol. The van der Waals surface area contributed by atoms with Crippen LogP contribution in [0, 0.1) is 5.92 Å². The highest BCUT2D eigenvalue weighted by Crippen LogP contribution is 2.24. The molecule has 2 unspecified atom stereocenters. The van der Waals surface area contributed by atoms with Crippen LogP contribution in [0.5, 0.6) is 0 Å². The summed E-state index contributed by atoms with van der Waals surface area (Å²) in [7, 11) is 0. The molecule has 4 heterocycles. The zero-order chi connectivity index (χ0) is 85.1. The molecule has 0 spiro atoms. The molecule has 0 saturated carbocycles. The van der Waals surface area contributed by atoms with Crippen LogP contribution in [0.2, 0.25) is 5.02 Å². The molecule has 33 heteroatoms. The van der Waals surface area contributed by atoms with E-state index in [-0.39, 0.29) is 101 Å². The number of aliphatic hydroxyl groups excluding tert-OH is 1. The molecule has 1 aromatic heterocycles. The molecule has 118 heavy (non-hydrogen) atoms. The number of hydrogen-bond donors (Lipinski definition) is 16. The molecular formula is C85H108ClN17O15. The lowest BCUT2D eigenvalue weighted by molar-refractivity contribution is -0.142. The largest absolute Gasteiger partial charge is 0.394 e. The number of fused-ring (bicyclic) bond motifs is 1. The van der Waals surface area contributed by atoms with E-state index in [0.717, 1.165) is 10.8 Å². The highest BCUT2D eigenvalue weighted by atomic mass is 35.5. The average Bonchev–Trinajstić information content (AvgIpc) is 1.52. The number of nitrogens with zero attached hydrogens (tertiary/aromatic N) is 2. The van der Waals surface area contributed by atoms with E-state index in [1.54, 1.807) is 79.7 Å². The van der Waals surface area contributed by atoms with E-state index >= 15 is 28.8 Å². The first-order valence-electron chi connectivity index (χ1n) is 40.0. The van der Waals surface area contributed by atoms with Gasteiger partial charge < -0.3 is 90.2 Å². The van der Waals surface area contributed by atoms with Crippen LogP contribution in [0.3, 0.4) is 0 Å². The van der Waals surface area contributed by atoms with Crippen molar-refractivity contribution in [1.82, 2.24) is 73.7 Å². The summed E-state index contributed by atoms with van der Waals surface area (Å²) >= 11 is 6.28. The molecule has 14 amide bonds. The maximum absolute atomic E-state index is 15.6. The Bertz CT molecular complexity index is 4540. The number of halogens is 1. The van der Waals surface area contributed by atoms with E-state index in [2.05, 4.69) is 79.4 Å². The third-order valence-corrected chi connectivity index (χ3v) is 20.6. The molecule has 3 aliphatic heterocycles. The van der Waals surface area contributed by atoms with Crippen molar-refractivity contribution < 1.29 is 72.2 Å². The zero-order valence-electron chi connectivity index (χ0n) is 67.1. The average molecular weight is 1640 g/mol. The number of nitrogens with two attached hydrogens (primary N) is 1. The standard InChI is InChI=1S/C85H108ClN17O15/c1-48(2)39-65(77(110)96-64(16-9-10-37-89-49(3)4)85(118)103-38-12-17-72(103)84(117)90-50(5)87)97-79(112)68(42-53-21-28-60(29-22-53)92-75(108)62-32-34-73(106)94-62)99-81(114)69(43-54-23-30-61(31-24-54)93-76(109)63-33-35-74(107)95-63)101-83(116)71(47-104)102-82(115)70(45-56-13-11-36-88-46-56)100-80(113)67(41-52-19-26-59(86)27-20-52)98-78(111)66(91-51(6)105)44-55-18-25-57-14-7-8-15-58(57)40-55/h7-8,11,13-15,18-31,36,40,46,48-50,62-72,89,104H,9-10,12,16-17,32-35,37-39,41-45,47,87H2,1-6H3,(H,90,117)(H,91,105)(H,92,108)(H,93,109)(H,94,106)(H,95,107)(H,96,110)(H,97,112)(H,98,111)(H,99,114)(H,100,113)(H,101,116)(H,102,115)/t50-,62?,63?,64+,65+,66-,67-,68-,69+,70-,71+,72+/m1/s1.